The van der Waals surface area contributed by atoms with Crippen molar-refractivity contribution in [2.75, 3.05) is 0 Å². The summed E-state index contributed by atoms with van der Waals surface area (Å²) < 4.78 is 2.03. The molecule has 0 saturated heterocycles. The van der Waals surface area contributed by atoms with Crippen LogP contribution in [0.3, 0.4) is 0 Å². The van der Waals surface area contributed by atoms with E-state index in [1.54, 1.807) is 12.5 Å². The van der Waals surface area contributed by atoms with Crippen molar-refractivity contribution >= 4 is 11.6 Å². The summed E-state index contributed by atoms with van der Waals surface area (Å²) in [5.41, 5.74) is 2.72. The SMILES string of the molecule is Cc1nc(-c2cncn2C(C)C)nc(Cl)c1C. The minimum atomic E-state index is 0.316. The number of aryl methyl sites for hydroxylation is 1. The Morgan fingerprint density at radius 2 is 1.94 bits per heavy atom. The first-order valence-corrected chi connectivity index (χ1v) is 5.91. The van der Waals surface area contributed by atoms with Gasteiger partial charge in [0, 0.05) is 17.3 Å². The summed E-state index contributed by atoms with van der Waals surface area (Å²) in [6.07, 6.45) is 3.55. The highest BCUT2D eigenvalue weighted by Crippen LogP contribution is 2.23. The van der Waals surface area contributed by atoms with Gasteiger partial charge in [0.25, 0.3) is 0 Å². The molecule has 0 fully saturated rings. The van der Waals surface area contributed by atoms with E-state index in [-0.39, 0.29) is 0 Å². The number of halogens is 1. The van der Waals surface area contributed by atoms with Crippen LogP contribution in [0, 0.1) is 13.8 Å². The van der Waals surface area contributed by atoms with Crippen molar-refractivity contribution in [3.63, 3.8) is 0 Å². The average Bonchev–Trinajstić information content (AvgIpc) is 2.74. The van der Waals surface area contributed by atoms with E-state index in [4.69, 9.17) is 11.6 Å². The molecule has 0 saturated carbocycles. The van der Waals surface area contributed by atoms with Crippen LogP contribution in [0.2, 0.25) is 5.15 Å². The van der Waals surface area contributed by atoms with E-state index in [0.29, 0.717) is 17.0 Å². The fraction of sp³-hybridized carbons (Fsp3) is 0.417. The molecule has 0 atom stereocenters. The summed E-state index contributed by atoms with van der Waals surface area (Å²) in [5.74, 6) is 0.629. The lowest BCUT2D eigenvalue weighted by Gasteiger charge is -2.11. The zero-order valence-electron chi connectivity index (χ0n) is 10.4. The maximum absolute atomic E-state index is 6.09. The maximum atomic E-state index is 6.09. The molecule has 4 nitrogen and oxygen atoms in total. The zero-order valence-corrected chi connectivity index (χ0v) is 11.2. The van der Waals surface area contributed by atoms with Crippen LogP contribution >= 0.6 is 11.6 Å². The van der Waals surface area contributed by atoms with Gasteiger partial charge >= 0.3 is 0 Å². The molecule has 0 N–H and O–H groups in total. The summed E-state index contributed by atoms with van der Waals surface area (Å²) in [4.78, 5) is 12.9. The van der Waals surface area contributed by atoms with Gasteiger partial charge in [-0.3, -0.25) is 0 Å². The number of nitrogens with zero attached hydrogens (tertiary/aromatic N) is 4. The first kappa shape index (κ1) is 12.0. The van der Waals surface area contributed by atoms with Crippen molar-refractivity contribution in [2.24, 2.45) is 0 Å². The number of imidazole rings is 1. The van der Waals surface area contributed by atoms with Gasteiger partial charge in [0.1, 0.15) is 10.8 Å². The van der Waals surface area contributed by atoms with Crippen LogP contribution in [0.1, 0.15) is 31.1 Å². The van der Waals surface area contributed by atoms with Gasteiger partial charge in [-0.25, -0.2) is 15.0 Å². The lowest BCUT2D eigenvalue weighted by molar-refractivity contribution is 0.603. The van der Waals surface area contributed by atoms with Gasteiger partial charge in [0.15, 0.2) is 5.82 Å². The molecule has 0 aliphatic heterocycles. The third-order valence-corrected chi connectivity index (χ3v) is 3.15. The Hall–Kier alpha value is -1.42. The molecule has 0 aliphatic carbocycles. The molecule has 5 heteroatoms. The Morgan fingerprint density at radius 3 is 2.53 bits per heavy atom. The topological polar surface area (TPSA) is 43.6 Å². The molecule has 0 amide bonds. The quantitative estimate of drug-likeness (QED) is 0.769. The van der Waals surface area contributed by atoms with Gasteiger partial charge in [-0.2, -0.15) is 0 Å². The van der Waals surface area contributed by atoms with E-state index >= 15 is 0 Å². The van der Waals surface area contributed by atoms with Gasteiger partial charge in [0.05, 0.1) is 12.5 Å². The molecule has 2 aromatic heterocycles. The summed E-state index contributed by atoms with van der Waals surface area (Å²) in [6.45, 7) is 8.03. The van der Waals surface area contributed by atoms with Crippen LogP contribution in [0.25, 0.3) is 11.5 Å². The average molecular weight is 251 g/mol. The molecule has 17 heavy (non-hydrogen) atoms. The fourth-order valence-corrected chi connectivity index (χ4v) is 1.81. The minimum Gasteiger partial charge on any atom is -0.325 e. The fourth-order valence-electron chi connectivity index (χ4n) is 1.60. The van der Waals surface area contributed by atoms with E-state index in [0.717, 1.165) is 17.0 Å². The molecule has 90 valence electrons. The van der Waals surface area contributed by atoms with E-state index < -0.39 is 0 Å². The molecule has 2 aromatic rings. The second kappa shape index (κ2) is 4.45. The zero-order chi connectivity index (χ0) is 12.6. The van der Waals surface area contributed by atoms with Gasteiger partial charge < -0.3 is 4.57 Å². The summed E-state index contributed by atoms with van der Waals surface area (Å²) >= 11 is 6.09. The standard InChI is InChI=1S/C12H15ClN4/c1-7(2)17-6-14-5-10(17)12-15-9(4)8(3)11(13)16-12/h5-7H,1-4H3. The van der Waals surface area contributed by atoms with Crippen molar-refractivity contribution in [3.8, 4) is 11.5 Å². The summed E-state index contributed by atoms with van der Waals surface area (Å²) in [5, 5.41) is 0.504. The van der Waals surface area contributed by atoms with Crippen molar-refractivity contribution in [3.05, 3.63) is 28.9 Å². The largest absolute Gasteiger partial charge is 0.325 e. The lowest BCUT2D eigenvalue weighted by Crippen LogP contribution is -2.04. The van der Waals surface area contributed by atoms with Crippen LogP contribution in [-0.4, -0.2) is 19.5 Å². The Bertz CT molecular complexity index is 522. The molecule has 0 radical (unpaired) electrons. The highest BCUT2D eigenvalue weighted by Gasteiger charge is 2.13. The van der Waals surface area contributed by atoms with E-state index in [1.807, 2.05) is 18.4 Å². The van der Waals surface area contributed by atoms with Crippen LogP contribution in [0.5, 0.6) is 0 Å². The Morgan fingerprint density at radius 1 is 1.24 bits per heavy atom. The van der Waals surface area contributed by atoms with Gasteiger partial charge in [-0.1, -0.05) is 11.6 Å². The molecule has 0 spiro atoms. The highest BCUT2D eigenvalue weighted by atomic mass is 35.5. The van der Waals surface area contributed by atoms with Crippen molar-refractivity contribution in [1.82, 2.24) is 19.5 Å². The smallest absolute Gasteiger partial charge is 0.179 e. The highest BCUT2D eigenvalue weighted by molar-refractivity contribution is 6.30. The number of hydrogen-bond donors (Lipinski definition) is 0. The second-order valence-corrected chi connectivity index (χ2v) is 4.69. The summed E-state index contributed by atoms with van der Waals surface area (Å²) in [6, 6.07) is 0.316. The van der Waals surface area contributed by atoms with Gasteiger partial charge in [-0.15, -0.1) is 0 Å². The molecule has 0 aromatic carbocycles. The molecule has 0 bridgehead atoms. The van der Waals surface area contributed by atoms with Crippen molar-refractivity contribution < 1.29 is 0 Å². The Labute approximate surface area is 106 Å². The monoisotopic (exact) mass is 250 g/mol. The number of rotatable bonds is 2. The third kappa shape index (κ3) is 2.17. The summed E-state index contributed by atoms with van der Waals surface area (Å²) in [7, 11) is 0. The first-order chi connectivity index (χ1) is 8.00. The number of hydrogen-bond acceptors (Lipinski definition) is 3. The number of aromatic nitrogens is 4. The first-order valence-electron chi connectivity index (χ1n) is 5.53. The second-order valence-electron chi connectivity index (χ2n) is 4.33. The van der Waals surface area contributed by atoms with Crippen molar-refractivity contribution in [2.45, 2.75) is 33.7 Å². The van der Waals surface area contributed by atoms with Crippen LogP contribution in [-0.2, 0) is 0 Å². The van der Waals surface area contributed by atoms with Gasteiger partial charge in [-0.05, 0) is 27.7 Å². The third-order valence-electron chi connectivity index (χ3n) is 2.78. The minimum absolute atomic E-state index is 0.316. The molecular formula is C12H15ClN4. The van der Waals surface area contributed by atoms with Crippen LogP contribution in [0.15, 0.2) is 12.5 Å². The molecule has 2 rings (SSSR count). The van der Waals surface area contributed by atoms with E-state index in [1.165, 1.54) is 0 Å². The lowest BCUT2D eigenvalue weighted by atomic mass is 10.2. The van der Waals surface area contributed by atoms with E-state index in [9.17, 15) is 0 Å². The Kier molecular flexibility index (Phi) is 3.15. The van der Waals surface area contributed by atoms with Crippen LogP contribution < -0.4 is 0 Å². The van der Waals surface area contributed by atoms with E-state index in [2.05, 4.69) is 28.8 Å². The molecular weight excluding hydrogens is 236 g/mol. The van der Waals surface area contributed by atoms with Gasteiger partial charge in [0.2, 0.25) is 0 Å². The Balaban J connectivity index is 2.57. The van der Waals surface area contributed by atoms with Crippen molar-refractivity contribution in [1.29, 1.82) is 0 Å². The molecule has 0 unspecified atom stereocenters. The molecule has 2 heterocycles. The van der Waals surface area contributed by atoms with Crippen LogP contribution in [0.4, 0.5) is 0 Å². The normalized spacial score (nSPS) is 11.2. The predicted molar refractivity (Wildman–Crippen MR) is 68.1 cm³/mol. The predicted octanol–water partition coefficient (Wildman–Crippen LogP) is 3.19. The maximum Gasteiger partial charge on any atom is 0.179 e. The molecule has 0 aliphatic rings.